The minimum absolute atomic E-state index is 0.0526. The van der Waals surface area contributed by atoms with Gasteiger partial charge < -0.3 is 4.90 Å². The molecule has 0 radical (unpaired) electrons. The Balaban J connectivity index is 0.00000137. The molecule has 18 heavy (non-hydrogen) atoms. The van der Waals surface area contributed by atoms with Crippen LogP contribution in [0.4, 0.5) is 0 Å². The molecular formula is C16H25NO. The van der Waals surface area contributed by atoms with E-state index in [2.05, 4.69) is 0 Å². The first-order chi connectivity index (χ1) is 8.47. The van der Waals surface area contributed by atoms with Crippen LogP contribution in [-0.2, 0) is 0 Å². The molecule has 0 N–H and O–H groups in total. The number of carbonyl (C=O) groups excluding carboxylic acids is 1. The fourth-order valence-corrected chi connectivity index (χ4v) is 1.50. The predicted molar refractivity (Wildman–Crippen MR) is 78.8 cm³/mol. The predicted octanol–water partition coefficient (Wildman–Crippen LogP) is 4.33. The van der Waals surface area contributed by atoms with Crippen molar-refractivity contribution in [1.82, 2.24) is 4.90 Å². The van der Waals surface area contributed by atoms with Crippen molar-refractivity contribution in [2.45, 2.75) is 41.5 Å². The lowest BCUT2D eigenvalue weighted by atomic mass is 10.0. The molecule has 0 heterocycles. The lowest BCUT2D eigenvalue weighted by Gasteiger charge is -2.19. The molecular weight excluding hydrogens is 222 g/mol. The highest BCUT2D eigenvalue weighted by atomic mass is 16.2. The minimum Gasteiger partial charge on any atom is -0.316 e. The standard InChI is InChI=1S/C14H19NO.C2H6/c1-6-12(4)15(5)14(16)13-9-10(2)7-8-11(13)3;1-2/h6-9H,1-5H3;1-2H3/b12-6+;. The van der Waals surface area contributed by atoms with Gasteiger partial charge in [0.15, 0.2) is 0 Å². The van der Waals surface area contributed by atoms with E-state index in [0.29, 0.717) is 0 Å². The molecule has 0 aliphatic heterocycles. The third-order valence-corrected chi connectivity index (χ3v) is 2.87. The van der Waals surface area contributed by atoms with E-state index in [-0.39, 0.29) is 5.91 Å². The quantitative estimate of drug-likeness (QED) is 0.762. The molecule has 0 aliphatic rings. The van der Waals surface area contributed by atoms with Gasteiger partial charge in [-0.25, -0.2) is 0 Å². The van der Waals surface area contributed by atoms with Gasteiger partial charge in [-0.15, -0.1) is 0 Å². The summed E-state index contributed by atoms with van der Waals surface area (Å²) in [4.78, 5) is 13.9. The van der Waals surface area contributed by atoms with Gasteiger partial charge in [0.1, 0.15) is 0 Å². The summed E-state index contributed by atoms with van der Waals surface area (Å²) in [6, 6.07) is 5.95. The zero-order chi connectivity index (χ0) is 14.3. The van der Waals surface area contributed by atoms with Gasteiger partial charge in [0.25, 0.3) is 5.91 Å². The first kappa shape index (κ1) is 16.4. The summed E-state index contributed by atoms with van der Waals surface area (Å²) in [6.07, 6.45) is 1.93. The van der Waals surface area contributed by atoms with E-state index in [4.69, 9.17) is 0 Å². The molecule has 1 aromatic rings. The van der Waals surface area contributed by atoms with Gasteiger partial charge in [0, 0.05) is 18.3 Å². The zero-order valence-electron chi connectivity index (χ0n) is 12.7. The van der Waals surface area contributed by atoms with Crippen molar-refractivity contribution < 1.29 is 4.79 Å². The summed E-state index contributed by atoms with van der Waals surface area (Å²) in [6.45, 7) is 11.8. The summed E-state index contributed by atoms with van der Waals surface area (Å²) in [5, 5.41) is 0. The lowest BCUT2D eigenvalue weighted by molar-refractivity contribution is 0.0835. The summed E-state index contributed by atoms with van der Waals surface area (Å²) < 4.78 is 0. The number of nitrogens with zero attached hydrogens (tertiary/aromatic N) is 1. The number of carbonyl (C=O) groups is 1. The molecule has 2 heteroatoms. The Kier molecular flexibility index (Phi) is 7.03. The number of rotatable bonds is 2. The van der Waals surface area contributed by atoms with E-state index >= 15 is 0 Å². The van der Waals surface area contributed by atoms with Gasteiger partial charge in [-0.1, -0.05) is 37.6 Å². The maximum atomic E-state index is 12.2. The van der Waals surface area contributed by atoms with E-state index < -0.39 is 0 Å². The lowest BCUT2D eigenvalue weighted by Crippen LogP contribution is -2.25. The van der Waals surface area contributed by atoms with Crippen LogP contribution in [0.5, 0.6) is 0 Å². The Bertz CT molecular complexity index is 433. The minimum atomic E-state index is 0.0526. The second-order valence-electron chi connectivity index (χ2n) is 4.11. The number of benzene rings is 1. The number of amides is 1. The van der Waals surface area contributed by atoms with Crippen molar-refractivity contribution in [1.29, 1.82) is 0 Å². The second kappa shape index (κ2) is 7.70. The van der Waals surface area contributed by atoms with Crippen LogP contribution in [0.1, 0.15) is 49.2 Å². The number of hydrogen-bond acceptors (Lipinski definition) is 1. The highest BCUT2D eigenvalue weighted by Gasteiger charge is 2.14. The molecule has 0 unspecified atom stereocenters. The molecule has 1 rings (SSSR count). The topological polar surface area (TPSA) is 20.3 Å². The Labute approximate surface area is 111 Å². The second-order valence-corrected chi connectivity index (χ2v) is 4.11. The Hall–Kier alpha value is -1.57. The van der Waals surface area contributed by atoms with Crippen molar-refractivity contribution >= 4 is 5.91 Å². The van der Waals surface area contributed by atoms with Crippen molar-refractivity contribution in [3.05, 3.63) is 46.7 Å². The fourth-order valence-electron chi connectivity index (χ4n) is 1.50. The summed E-state index contributed by atoms with van der Waals surface area (Å²) in [7, 11) is 1.80. The third kappa shape index (κ3) is 4.02. The van der Waals surface area contributed by atoms with Gasteiger partial charge >= 0.3 is 0 Å². The molecule has 0 saturated carbocycles. The van der Waals surface area contributed by atoms with Crippen LogP contribution in [0.3, 0.4) is 0 Å². The molecule has 0 aliphatic carbocycles. The van der Waals surface area contributed by atoms with Crippen LogP contribution >= 0.6 is 0 Å². The monoisotopic (exact) mass is 247 g/mol. The molecule has 0 atom stereocenters. The van der Waals surface area contributed by atoms with Gasteiger partial charge in [-0.05, 0) is 39.3 Å². The van der Waals surface area contributed by atoms with Gasteiger partial charge in [0.05, 0.1) is 0 Å². The van der Waals surface area contributed by atoms with E-state index in [1.54, 1.807) is 11.9 Å². The van der Waals surface area contributed by atoms with Gasteiger partial charge in [-0.2, -0.15) is 0 Å². The van der Waals surface area contributed by atoms with Gasteiger partial charge in [-0.3, -0.25) is 4.79 Å². The average molecular weight is 247 g/mol. The molecule has 0 fully saturated rings. The van der Waals surface area contributed by atoms with E-state index in [0.717, 1.165) is 22.4 Å². The molecule has 0 spiro atoms. The van der Waals surface area contributed by atoms with Crippen LogP contribution in [0.15, 0.2) is 30.0 Å². The largest absolute Gasteiger partial charge is 0.316 e. The van der Waals surface area contributed by atoms with Crippen LogP contribution in [0, 0.1) is 13.8 Å². The fraction of sp³-hybridized carbons (Fsp3) is 0.438. The molecule has 2 nitrogen and oxygen atoms in total. The van der Waals surface area contributed by atoms with E-state index in [1.807, 2.05) is 65.8 Å². The van der Waals surface area contributed by atoms with Gasteiger partial charge in [0.2, 0.25) is 0 Å². The van der Waals surface area contributed by atoms with Crippen molar-refractivity contribution in [3.63, 3.8) is 0 Å². The van der Waals surface area contributed by atoms with Crippen LogP contribution in [0.25, 0.3) is 0 Å². The molecule has 0 bridgehead atoms. The number of hydrogen-bond donors (Lipinski definition) is 0. The van der Waals surface area contributed by atoms with Crippen molar-refractivity contribution in [2.24, 2.45) is 0 Å². The maximum Gasteiger partial charge on any atom is 0.258 e. The Morgan fingerprint density at radius 2 is 1.78 bits per heavy atom. The number of allylic oxidation sites excluding steroid dienone is 2. The molecule has 0 saturated heterocycles. The Morgan fingerprint density at radius 3 is 2.28 bits per heavy atom. The highest BCUT2D eigenvalue weighted by molar-refractivity contribution is 5.96. The smallest absolute Gasteiger partial charge is 0.258 e. The maximum absolute atomic E-state index is 12.2. The van der Waals surface area contributed by atoms with Crippen molar-refractivity contribution in [3.8, 4) is 0 Å². The van der Waals surface area contributed by atoms with E-state index in [9.17, 15) is 4.79 Å². The summed E-state index contributed by atoms with van der Waals surface area (Å²) in [5.41, 5.74) is 3.88. The van der Waals surface area contributed by atoms with Crippen LogP contribution in [0.2, 0.25) is 0 Å². The first-order valence-corrected chi connectivity index (χ1v) is 6.45. The number of aryl methyl sites for hydroxylation is 2. The highest BCUT2D eigenvalue weighted by Crippen LogP contribution is 2.15. The Morgan fingerprint density at radius 1 is 1.22 bits per heavy atom. The average Bonchev–Trinajstić information content (AvgIpc) is 2.41. The van der Waals surface area contributed by atoms with Crippen molar-refractivity contribution in [2.75, 3.05) is 7.05 Å². The first-order valence-electron chi connectivity index (χ1n) is 6.45. The molecule has 100 valence electrons. The summed E-state index contributed by atoms with van der Waals surface area (Å²) in [5.74, 6) is 0.0526. The van der Waals surface area contributed by atoms with E-state index in [1.165, 1.54) is 0 Å². The third-order valence-electron chi connectivity index (χ3n) is 2.87. The van der Waals surface area contributed by atoms with Crippen LogP contribution < -0.4 is 0 Å². The zero-order valence-corrected chi connectivity index (χ0v) is 12.7. The van der Waals surface area contributed by atoms with Crippen LogP contribution in [-0.4, -0.2) is 17.9 Å². The molecule has 1 amide bonds. The SMILES string of the molecule is C/C=C(\C)N(C)C(=O)c1cc(C)ccc1C.CC. The molecule has 0 aromatic heterocycles. The molecule has 1 aromatic carbocycles. The normalized spacial score (nSPS) is 10.5. The summed E-state index contributed by atoms with van der Waals surface area (Å²) >= 11 is 0.